The van der Waals surface area contributed by atoms with Crippen molar-refractivity contribution in [3.63, 3.8) is 0 Å². The molecule has 20 heavy (non-hydrogen) atoms. The maximum Gasteiger partial charge on any atom is 0.367 e. The van der Waals surface area contributed by atoms with Crippen LogP contribution in [0.4, 0.5) is 5.82 Å². The number of anilines is 1. The smallest absolute Gasteiger partial charge is 0.367 e. The van der Waals surface area contributed by atoms with Crippen LogP contribution in [0.3, 0.4) is 0 Å². The molecule has 0 fully saturated rings. The number of hydrogen-bond donors (Lipinski definition) is 1. The van der Waals surface area contributed by atoms with Gasteiger partial charge in [0.05, 0.1) is 6.61 Å². The van der Waals surface area contributed by atoms with Crippen molar-refractivity contribution >= 4 is 45.0 Å². The van der Waals surface area contributed by atoms with Crippen LogP contribution in [0, 0.1) is 0 Å². The van der Waals surface area contributed by atoms with Crippen LogP contribution in [0.2, 0.25) is 0 Å². The maximum atomic E-state index is 11.9. The minimum Gasteiger partial charge on any atom is -0.461 e. The number of carbonyl (C=O) groups excluding carboxylic acids is 2. The molecule has 2 heterocycles. The first kappa shape index (κ1) is 14.6. The standard InChI is InChI=1S/C12H10BrN3O3S/c1-2-19-12(18)11-15-8(6-20-11)10(17)16-9-4-3-7(13)5-14-9/h3-6H,2H2,1H3,(H,14,16,17). The molecule has 2 aromatic heterocycles. The van der Waals surface area contributed by atoms with Gasteiger partial charge in [0.1, 0.15) is 11.5 Å². The van der Waals surface area contributed by atoms with E-state index in [0.717, 1.165) is 15.8 Å². The predicted molar refractivity (Wildman–Crippen MR) is 78.0 cm³/mol. The highest BCUT2D eigenvalue weighted by atomic mass is 79.9. The fourth-order valence-electron chi connectivity index (χ4n) is 1.29. The average Bonchev–Trinajstić information content (AvgIpc) is 2.91. The minimum absolute atomic E-state index is 0.153. The lowest BCUT2D eigenvalue weighted by molar-refractivity contribution is 0.0526. The van der Waals surface area contributed by atoms with Gasteiger partial charge in [0.2, 0.25) is 5.01 Å². The van der Waals surface area contributed by atoms with Gasteiger partial charge in [-0.05, 0) is 35.0 Å². The van der Waals surface area contributed by atoms with E-state index in [4.69, 9.17) is 4.74 Å². The molecule has 0 unspecified atom stereocenters. The zero-order valence-electron chi connectivity index (χ0n) is 10.4. The Balaban J connectivity index is 2.06. The number of aromatic nitrogens is 2. The van der Waals surface area contributed by atoms with Gasteiger partial charge in [0.15, 0.2) is 0 Å². The SMILES string of the molecule is CCOC(=O)c1nc(C(=O)Nc2ccc(Br)cn2)cs1. The molecule has 0 bridgehead atoms. The van der Waals surface area contributed by atoms with Crippen LogP contribution >= 0.6 is 27.3 Å². The Bertz CT molecular complexity index is 627. The van der Waals surface area contributed by atoms with Gasteiger partial charge >= 0.3 is 5.97 Å². The second kappa shape index (κ2) is 6.58. The van der Waals surface area contributed by atoms with Crippen LogP contribution in [0.1, 0.15) is 27.2 Å². The lowest BCUT2D eigenvalue weighted by atomic mass is 10.4. The lowest BCUT2D eigenvalue weighted by Gasteiger charge is -2.01. The van der Waals surface area contributed by atoms with E-state index in [1.54, 1.807) is 25.3 Å². The van der Waals surface area contributed by atoms with Gasteiger partial charge in [-0.25, -0.2) is 14.8 Å². The molecular formula is C12H10BrN3O3S. The summed E-state index contributed by atoms with van der Waals surface area (Å²) in [6.45, 7) is 1.97. The Kier molecular flexibility index (Phi) is 4.80. The Morgan fingerprint density at radius 2 is 2.25 bits per heavy atom. The maximum absolute atomic E-state index is 11.9. The van der Waals surface area contributed by atoms with Crippen LogP contribution in [0.25, 0.3) is 0 Å². The molecule has 0 aliphatic carbocycles. The molecule has 0 saturated heterocycles. The van der Waals surface area contributed by atoms with Crippen molar-refractivity contribution in [3.8, 4) is 0 Å². The number of hydrogen-bond acceptors (Lipinski definition) is 6. The summed E-state index contributed by atoms with van der Waals surface area (Å²) in [7, 11) is 0. The van der Waals surface area contributed by atoms with E-state index in [2.05, 4.69) is 31.2 Å². The highest BCUT2D eigenvalue weighted by Gasteiger charge is 2.16. The molecule has 0 aromatic carbocycles. The molecule has 0 saturated carbocycles. The minimum atomic E-state index is -0.529. The number of esters is 1. The summed E-state index contributed by atoms with van der Waals surface area (Å²) in [5.41, 5.74) is 0.155. The van der Waals surface area contributed by atoms with Crippen molar-refractivity contribution in [1.82, 2.24) is 9.97 Å². The highest BCUT2D eigenvalue weighted by Crippen LogP contribution is 2.14. The number of amides is 1. The third-order valence-electron chi connectivity index (χ3n) is 2.16. The van der Waals surface area contributed by atoms with Crippen LogP contribution in [-0.2, 0) is 4.74 Å². The summed E-state index contributed by atoms with van der Waals surface area (Å²) < 4.78 is 5.63. The summed E-state index contributed by atoms with van der Waals surface area (Å²) in [5.74, 6) is -0.547. The molecular weight excluding hydrogens is 346 g/mol. The largest absolute Gasteiger partial charge is 0.461 e. The van der Waals surface area contributed by atoms with E-state index in [1.807, 2.05) is 0 Å². The summed E-state index contributed by atoms with van der Waals surface area (Å²) in [4.78, 5) is 31.3. The summed E-state index contributed by atoms with van der Waals surface area (Å²) >= 11 is 4.32. The van der Waals surface area contributed by atoms with Crippen LogP contribution in [-0.4, -0.2) is 28.5 Å². The number of carbonyl (C=O) groups is 2. The number of thiazole rings is 1. The lowest BCUT2D eigenvalue weighted by Crippen LogP contribution is -2.14. The Hall–Kier alpha value is -1.80. The fraction of sp³-hybridized carbons (Fsp3) is 0.167. The van der Waals surface area contributed by atoms with Crippen molar-refractivity contribution in [2.75, 3.05) is 11.9 Å². The van der Waals surface area contributed by atoms with Crippen LogP contribution < -0.4 is 5.32 Å². The molecule has 0 aliphatic heterocycles. The van der Waals surface area contributed by atoms with E-state index in [9.17, 15) is 9.59 Å². The summed E-state index contributed by atoms with van der Waals surface area (Å²) in [6.07, 6.45) is 1.57. The Morgan fingerprint density at radius 3 is 2.90 bits per heavy atom. The molecule has 0 aliphatic rings. The van der Waals surface area contributed by atoms with Gasteiger partial charge in [-0.3, -0.25) is 4.79 Å². The molecule has 0 atom stereocenters. The number of rotatable bonds is 4. The second-order valence-electron chi connectivity index (χ2n) is 3.57. The van der Waals surface area contributed by atoms with E-state index >= 15 is 0 Å². The van der Waals surface area contributed by atoms with Crippen LogP contribution in [0.15, 0.2) is 28.2 Å². The van der Waals surface area contributed by atoms with Gasteiger partial charge in [0, 0.05) is 16.0 Å². The zero-order chi connectivity index (χ0) is 14.5. The van der Waals surface area contributed by atoms with Gasteiger partial charge < -0.3 is 10.1 Å². The molecule has 2 rings (SSSR count). The molecule has 8 heteroatoms. The summed E-state index contributed by atoms with van der Waals surface area (Å²) in [6, 6.07) is 3.41. The molecule has 6 nitrogen and oxygen atoms in total. The Morgan fingerprint density at radius 1 is 1.45 bits per heavy atom. The quantitative estimate of drug-likeness (QED) is 0.852. The molecule has 2 aromatic rings. The first-order valence-electron chi connectivity index (χ1n) is 5.65. The van der Waals surface area contributed by atoms with Crippen molar-refractivity contribution < 1.29 is 14.3 Å². The van der Waals surface area contributed by atoms with E-state index in [1.165, 1.54) is 5.38 Å². The number of nitrogens with zero attached hydrogens (tertiary/aromatic N) is 2. The van der Waals surface area contributed by atoms with E-state index < -0.39 is 11.9 Å². The van der Waals surface area contributed by atoms with Gasteiger partial charge in [-0.15, -0.1) is 11.3 Å². The number of ether oxygens (including phenoxy) is 1. The number of pyridine rings is 1. The van der Waals surface area contributed by atoms with E-state index in [0.29, 0.717) is 5.82 Å². The highest BCUT2D eigenvalue weighted by molar-refractivity contribution is 9.10. The van der Waals surface area contributed by atoms with Crippen molar-refractivity contribution in [1.29, 1.82) is 0 Å². The van der Waals surface area contributed by atoms with E-state index in [-0.39, 0.29) is 17.3 Å². The van der Waals surface area contributed by atoms with Crippen molar-refractivity contribution in [2.45, 2.75) is 6.92 Å². The zero-order valence-corrected chi connectivity index (χ0v) is 12.8. The predicted octanol–water partition coefficient (Wildman–Crippen LogP) is 2.73. The third kappa shape index (κ3) is 3.61. The molecule has 0 spiro atoms. The normalized spacial score (nSPS) is 10.1. The van der Waals surface area contributed by atoms with Gasteiger partial charge in [-0.1, -0.05) is 0 Å². The van der Waals surface area contributed by atoms with Crippen molar-refractivity contribution in [2.24, 2.45) is 0 Å². The average molecular weight is 356 g/mol. The number of nitrogens with one attached hydrogen (secondary N) is 1. The summed E-state index contributed by atoms with van der Waals surface area (Å²) in [5, 5.41) is 4.24. The molecule has 1 N–H and O–H groups in total. The topological polar surface area (TPSA) is 81.2 Å². The first-order chi connectivity index (χ1) is 9.60. The third-order valence-corrected chi connectivity index (χ3v) is 3.45. The molecule has 0 radical (unpaired) electrons. The second-order valence-corrected chi connectivity index (χ2v) is 5.35. The van der Waals surface area contributed by atoms with Gasteiger partial charge in [0.25, 0.3) is 5.91 Å². The Labute approximate surface area is 127 Å². The molecule has 1 amide bonds. The monoisotopic (exact) mass is 355 g/mol. The fourth-order valence-corrected chi connectivity index (χ4v) is 2.22. The molecule has 104 valence electrons. The van der Waals surface area contributed by atoms with Gasteiger partial charge in [-0.2, -0.15) is 0 Å². The van der Waals surface area contributed by atoms with Crippen LogP contribution in [0.5, 0.6) is 0 Å². The van der Waals surface area contributed by atoms with Crippen molar-refractivity contribution in [3.05, 3.63) is 38.9 Å². The number of halogens is 1. The first-order valence-corrected chi connectivity index (χ1v) is 7.33.